The third kappa shape index (κ3) is 1.98. The predicted octanol–water partition coefficient (Wildman–Crippen LogP) is 1.13. The van der Waals surface area contributed by atoms with Crippen LogP contribution in [0.1, 0.15) is 22.5 Å². The Hall–Kier alpha value is -2.39. The van der Waals surface area contributed by atoms with E-state index in [1.54, 1.807) is 6.07 Å². The van der Waals surface area contributed by atoms with Gasteiger partial charge in [-0.25, -0.2) is 4.98 Å². The number of hydrogen-bond donors (Lipinski definition) is 1. The molecule has 2 aliphatic rings. The number of nitrogens with zero attached hydrogens (tertiary/aromatic N) is 3. The van der Waals surface area contributed by atoms with Gasteiger partial charge in [-0.1, -0.05) is 0 Å². The minimum atomic E-state index is -0.180. The summed E-state index contributed by atoms with van der Waals surface area (Å²) in [5.74, 6) is 0.377. The molecule has 6 heteroatoms. The van der Waals surface area contributed by atoms with Gasteiger partial charge in [-0.15, -0.1) is 0 Å². The number of nitriles is 1. The monoisotopic (exact) mass is 282 g/mol. The van der Waals surface area contributed by atoms with Crippen LogP contribution >= 0.6 is 0 Å². The first kappa shape index (κ1) is 12.4. The summed E-state index contributed by atoms with van der Waals surface area (Å²) in [7, 11) is 0. The Bertz CT molecular complexity index is 761. The van der Waals surface area contributed by atoms with Gasteiger partial charge in [-0.2, -0.15) is 5.26 Å². The number of carbonyl (C=O) groups excluding carboxylic acids is 1. The van der Waals surface area contributed by atoms with Gasteiger partial charge in [0.05, 0.1) is 11.8 Å². The van der Waals surface area contributed by atoms with Crippen molar-refractivity contribution in [2.45, 2.75) is 12.5 Å². The van der Waals surface area contributed by atoms with E-state index in [0.29, 0.717) is 28.1 Å². The zero-order chi connectivity index (χ0) is 14.4. The number of rotatable bonds is 2. The maximum Gasteiger partial charge on any atom is 0.270 e. The van der Waals surface area contributed by atoms with E-state index in [4.69, 9.17) is 9.68 Å². The Morgan fingerprint density at radius 2 is 2.43 bits per heavy atom. The molecule has 2 aliphatic heterocycles. The summed E-state index contributed by atoms with van der Waals surface area (Å²) in [5, 5.41) is 12.7. The van der Waals surface area contributed by atoms with Crippen molar-refractivity contribution in [2.75, 3.05) is 19.6 Å². The molecule has 0 spiro atoms. The van der Waals surface area contributed by atoms with Crippen molar-refractivity contribution in [1.29, 1.82) is 5.26 Å². The van der Waals surface area contributed by atoms with E-state index in [0.717, 1.165) is 26.1 Å². The average molecular weight is 282 g/mol. The highest BCUT2D eigenvalue weighted by molar-refractivity contribution is 5.96. The molecule has 2 saturated heterocycles. The second kappa shape index (κ2) is 4.57. The van der Waals surface area contributed by atoms with Crippen LogP contribution in [0.3, 0.4) is 0 Å². The van der Waals surface area contributed by atoms with E-state index in [9.17, 15) is 4.79 Å². The van der Waals surface area contributed by atoms with E-state index < -0.39 is 0 Å². The molecule has 0 saturated carbocycles. The Labute approximate surface area is 121 Å². The summed E-state index contributed by atoms with van der Waals surface area (Å²) >= 11 is 0. The lowest BCUT2D eigenvalue weighted by molar-refractivity contribution is 0.0919. The third-order valence-corrected chi connectivity index (χ3v) is 4.46. The minimum absolute atomic E-state index is 0.180. The average Bonchev–Trinajstić information content (AvgIpc) is 3.21. The third-order valence-electron chi connectivity index (χ3n) is 4.46. The molecule has 2 unspecified atom stereocenters. The van der Waals surface area contributed by atoms with E-state index in [2.05, 4.69) is 21.3 Å². The van der Waals surface area contributed by atoms with Crippen molar-refractivity contribution in [2.24, 2.45) is 5.92 Å². The number of piperidine rings is 1. The highest BCUT2D eigenvalue weighted by atomic mass is 16.3. The van der Waals surface area contributed by atoms with Gasteiger partial charge in [-0.3, -0.25) is 4.79 Å². The molecule has 0 aromatic carbocycles. The molecular weight excluding hydrogens is 268 g/mol. The molecule has 0 aliphatic carbocycles. The van der Waals surface area contributed by atoms with Crippen LogP contribution < -0.4 is 5.32 Å². The molecule has 0 radical (unpaired) electrons. The number of pyridine rings is 1. The lowest BCUT2D eigenvalue weighted by atomic mass is 10.00. The molecule has 2 aromatic rings. The Morgan fingerprint density at radius 1 is 1.52 bits per heavy atom. The Balaban J connectivity index is 1.58. The lowest BCUT2D eigenvalue weighted by Crippen LogP contribution is -2.43. The number of furan rings is 1. The van der Waals surface area contributed by atoms with Crippen molar-refractivity contribution in [3.8, 4) is 6.07 Å². The van der Waals surface area contributed by atoms with Gasteiger partial charge in [0.1, 0.15) is 18.0 Å². The van der Waals surface area contributed by atoms with Crippen LogP contribution in [0.15, 0.2) is 22.9 Å². The number of amides is 1. The van der Waals surface area contributed by atoms with Crippen LogP contribution in [0.25, 0.3) is 11.0 Å². The molecule has 2 aromatic heterocycles. The number of aromatic nitrogens is 1. The van der Waals surface area contributed by atoms with E-state index in [1.807, 2.05) is 0 Å². The molecule has 4 heterocycles. The number of hydrogen-bond acceptors (Lipinski definition) is 5. The van der Waals surface area contributed by atoms with E-state index in [1.165, 1.54) is 12.5 Å². The van der Waals surface area contributed by atoms with Crippen LogP contribution in [0, 0.1) is 17.2 Å². The molecular formula is C15H14N4O2. The zero-order valence-corrected chi connectivity index (χ0v) is 11.4. The molecule has 106 valence electrons. The molecule has 3 atom stereocenters. The summed E-state index contributed by atoms with van der Waals surface area (Å²) in [6.07, 6.45) is 4.03. The van der Waals surface area contributed by atoms with Crippen LogP contribution in [-0.2, 0) is 0 Å². The second-order valence-corrected chi connectivity index (χ2v) is 5.72. The Morgan fingerprint density at radius 3 is 3.14 bits per heavy atom. The normalized spacial score (nSPS) is 26.9. The molecule has 1 N–H and O–H groups in total. The highest BCUT2D eigenvalue weighted by Gasteiger charge is 2.38. The molecule has 2 fully saturated rings. The maximum absolute atomic E-state index is 12.3. The number of fused-ring (bicyclic) bond motifs is 3. The van der Waals surface area contributed by atoms with Gasteiger partial charge in [0.2, 0.25) is 0 Å². The zero-order valence-electron chi connectivity index (χ0n) is 11.4. The summed E-state index contributed by atoms with van der Waals surface area (Å²) in [4.78, 5) is 18.8. The molecule has 1 amide bonds. The molecule has 4 rings (SSSR count). The first-order chi connectivity index (χ1) is 10.2. The lowest BCUT2D eigenvalue weighted by Gasteiger charge is -2.22. The first-order valence-corrected chi connectivity index (χ1v) is 7.05. The number of nitrogens with one attached hydrogen (secondary N) is 1. The van der Waals surface area contributed by atoms with Gasteiger partial charge in [0, 0.05) is 24.5 Å². The summed E-state index contributed by atoms with van der Waals surface area (Å²) in [5.41, 5.74) is 1.28. The fraction of sp³-hybridized carbons (Fsp3) is 0.400. The van der Waals surface area contributed by atoms with E-state index >= 15 is 0 Å². The van der Waals surface area contributed by atoms with Crippen LogP contribution in [-0.4, -0.2) is 41.5 Å². The number of carbonyl (C=O) groups is 1. The SMILES string of the molecule is N#Cc1coc2cnc(C(=O)NC3CN4CC[C@H]3C4)cc12. The smallest absolute Gasteiger partial charge is 0.270 e. The largest absolute Gasteiger partial charge is 0.461 e. The summed E-state index contributed by atoms with van der Waals surface area (Å²) in [6, 6.07) is 3.89. The van der Waals surface area contributed by atoms with Gasteiger partial charge in [-0.05, 0) is 24.9 Å². The van der Waals surface area contributed by atoms with Crippen LogP contribution in [0.4, 0.5) is 0 Å². The van der Waals surface area contributed by atoms with Crippen molar-refractivity contribution >= 4 is 16.9 Å². The maximum atomic E-state index is 12.3. The van der Waals surface area contributed by atoms with Crippen molar-refractivity contribution in [3.63, 3.8) is 0 Å². The van der Waals surface area contributed by atoms with Crippen molar-refractivity contribution < 1.29 is 9.21 Å². The fourth-order valence-corrected chi connectivity index (χ4v) is 3.33. The first-order valence-electron chi connectivity index (χ1n) is 7.05. The van der Waals surface area contributed by atoms with Crippen LogP contribution in [0.2, 0.25) is 0 Å². The second-order valence-electron chi connectivity index (χ2n) is 5.72. The highest BCUT2D eigenvalue weighted by Crippen LogP contribution is 2.28. The minimum Gasteiger partial charge on any atom is -0.461 e. The summed E-state index contributed by atoms with van der Waals surface area (Å²) < 4.78 is 5.22. The van der Waals surface area contributed by atoms with Gasteiger partial charge >= 0.3 is 0 Å². The Kier molecular flexibility index (Phi) is 2.69. The van der Waals surface area contributed by atoms with Gasteiger partial charge in [0.25, 0.3) is 5.91 Å². The molecule has 2 bridgehead atoms. The quantitative estimate of drug-likeness (QED) is 0.893. The summed E-state index contributed by atoms with van der Waals surface area (Å²) in [6.45, 7) is 3.15. The standard InChI is InChI=1S/C15H14N4O2/c16-4-10-8-21-14-5-17-12(3-11(10)14)15(20)18-13-7-19-2-1-9(13)6-19/h3,5,8-9,13H,1-2,6-7H2,(H,18,20)/t9-,13?/m0/s1. The van der Waals surface area contributed by atoms with Crippen molar-refractivity contribution in [1.82, 2.24) is 15.2 Å². The van der Waals surface area contributed by atoms with E-state index in [-0.39, 0.29) is 11.9 Å². The van der Waals surface area contributed by atoms with Crippen LogP contribution in [0.5, 0.6) is 0 Å². The molecule has 6 nitrogen and oxygen atoms in total. The predicted molar refractivity (Wildman–Crippen MR) is 74.5 cm³/mol. The van der Waals surface area contributed by atoms with Gasteiger partial charge in [0.15, 0.2) is 5.58 Å². The van der Waals surface area contributed by atoms with Crippen molar-refractivity contribution in [3.05, 3.63) is 29.8 Å². The topological polar surface area (TPSA) is 82.2 Å². The molecule has 21 heavy (non-hydrogen) atoms. The fourth-order valence-electron chi connectivity index (χ4n) is 3.33. The van der Waals surface area contributed by atoms with Gasteiger partial charge < -0.3 is 14.6 Å².